The third kappa shape index (κ3) is 3.62. The van der Waals surface area contributed by atoms with Gasteiger partial charge in [0, 0.05) is 30.0 Å². The van der Waals surface area contributed by atoms with Gasteiger partial charge in [-0.05, 0) is 30.7 Å². The van der Waals surface area contributed by atoms with E-state index in [9.17, 15) is 18.4 Å². The Morgan fingerprint density at radius 3 is 2.56 bits per heavy atom. The standard InChI is InChI=1S/C26H23F2N3O2S/c1-17-6-4-7-18(14-17)15-29-25(33)31-12-13-34-26(31)20-8-2-3-11-23(20)30(24(26)32)16-19-21(27)9-5-10-22(19)28/h2-11,14H,12-13,15-16H2,1H3,(H,29,33)/t26-/m1/s1. The first kappa shape index (κ1) is 22.4. The molecule has 34 heavy (non-hydrogen) atoms. The molecule has 2 aliphatic heterocycles. The van der Waals surface area contributed by atoms with Crippen molar-refractivity contribution >= 4 is 29.4 Å². The lowest BCUT2D eigenvalue weighted by Crippen LogP contribution is -2.53. The van der Waals surface area contributed by atoms with Gasteiger partial charge in [0.15, 0.2) is 4.87 Å². The molecule has 3 aromatic rings. The number of benzene rings is 3. The van der Waals surface area contributed by atoms with Crippen molar-refractivity contribution in [3.63, 3.8) is 0 Å². The molecule has 0 aliphatic carbocycles. The predicted octanol–water partition coefficient (Wildman–Crippen LogP) is 4.93. The Morgan fingerprint density at radius 1 is 1.06 bits per heavy atom. The zero-order valence-corrected chi connectivity index (χ0v) is 19.4. The molecule has 3 aromatic carbocycles. The molecule has 2 aliphatic rings. The number of thioether (sulfide) groups is 1. The molecule has 0 unspecified atom stereocenters. The molecule has 0 saturated carbocycles. The van der Waals surface area contributed by atoms with Crippen LogP contribution < -0.4 is 10.2 Å². The zero-order valence-electron chi connectivity index (χ0n) is 18.6. The Kier molecular flexibility index (Phi) is 5.77. The maximum atomic E-state index is 14.4. The number of aryl methyl sites for hydroxylation is 1. The molecular weight excluding hydrogens is 456 g/mol. The molecule has 0 bridgehead atoms. The molecule has 0 radical (unpaired) electrons. The van der Waals surface area contributed by atoms with Crippen LogP contribution in [-0.4, -0.2) is 29.1 Å². The Bertz CT molecular complexity index is 1260. The number of amides is 3. The van der Waals surface area contributed by atoms with Crippen molar-refractivity contribution in [2.24, 2.45) is 0 Å². The van der Waals surface area contributed by atoms with Gasteiger partial charge in [0.05, 0.1) is 12.2 Å². The molecule has 5 nitrogen and oxygen atoms in total. The number of nitrogens with one attached hydrogen (secondary N) is 1. The van der Waals surface area contributed by atoms with E-state index in [1.54, 1.807) is 17.0 Å². The summed E-state index contributed by atoms with van der Waals surface area (Å²) in [6, 6.07) is 18.3. The van der Waals surface area contributed by atoms with Crippen LogP contribution in [0.3, 0.4) is 0 Å². The summed E-state index contributed by atoms with van der Waals surface area (Å²) in [6.07, 6.45) is 0. The van der Waals surface area contributed by atoms with Gasteiger partial charge in [0.2, 0.25) is 0 Å². The van der Waals surface area contributed by atoms with Crippen molar-refractivity contribution in [3.05, 3.63) is 101 Å². The Balaban J connectivity index is 1.46. The van der Waals surface area contributed by atoms with Crippen LogP contribution in [0.2, 0.25) is 0 Å². The number of fused-ring (bicyclic) bond motifs is 2. The van der Waals surface area contributed by atoms with Gasteiger partial charge < -0.3 is 10.2 Å². The van der Waals surface area contributed by atoms with E-state index in [1.807, 2.05) is 43.3 Å². The second-order valence-corrected chi connectivity index (χ2v) is 9.69. The minimum Gasteiger partial charge on any atom is -0.334 e. The van der Waals surface area contributed by atoms with Gasteiger partial charge in [-0.2, -0.15) is 0 Å². The number of carbonyl (C=O) groups is 2. The fourth-order valence-electron chi connectivity index (χ4n) is 4.66. The third-order valence-electron chi connectivity index (χ3n) is 6.25. The van der Waals surface area contributed by atoms with Crippen LogP contribution in [0.15, 0.2) is 66.7 Å². The van der Waals surface area contributed by atoms with E-state index in [2.05, 4.69) is 5.32 Å². The molecule has 8 heteroatoms. The molecule has 0 aromatic heterocycles. The molecule has 1 fully saturated rings. The zero-order chi connectivity index (χ0) is 23.9. The first-order valence-electron chi connectivity index (χ1n) is 11.0. The number of anilines is 1. The first-order valence-corrected chi connectivity index (χ1v) is 12.0. The van der Waals surface area contributed by atoms with E-state index in [4.69, 9.17) is 0 Å². The fourth-order valence-corrected chi connectivity index (χ4v) is 6.12. The highest BCUT2D eigenvalue weighted by Crippen LogP contribution is 2.54. The second-order valence-electron chi connectivity index (χ2n) is 8.40. The third-order valence-corrected chi connectivity index (χ3v) is 7.67. The summed E-state index contributed by atoms with van der Waals surface area (Å²) in [6.45, 7) is 2.44. The summed E-state index contributed by atoms with van der Waals surface area (Å²) in [5, 5.41) is 2.94. The lowest BCUT2D eigenvalue weighted by Gasteiger charge is -2.33. The number of halogens is 2. The van der Waals surface area contributed by atoms with E-state index < -0.39 is 16.5 Å². The van der Waals surface area contributed by atoms with Gasteiger partial charge in [-0.1, -0.05) is 54.1 Å². The maximum Gasteiger partial charge on any atom is 0.319 e. The summed E-state index contributed by atoms with van der Waals surface area (Å²) in [5.74, 6) is -1.22. The Labute approximate surface area is 200 Å². The molecule has 1 spiro atoms. The van der Waals surface area contributed by atoms with Crippen LogP contribution in [0.1, 0.15) is 22.3 Å². The van der Waals surface area contributed by atoms with Crippen LogP contribution in [0, 0.1) is 18.6 Å². The largest absolute Gasteiger partial charge is 0.334 e. The van der Waals surface area contributed by atoms with E-state index in [1.165, 1.54) is 34.9 Å². The van der Waals surface area contributed by atoms with Crippen molar-refractivity contribution in [2.75, 3.05) is 17.2 Å². The molecular formula is C26H23F2N3O2S. The Morgan fingerprint density at radius 2 is 1.79 bits per heavy atom. The number of hydrogen-bond acceptors (Lipinski definition) is 3. The highest BCUT2D eigenvalue weighted by Gasteiger charge is 2.59. The van der Waals surface area contributed by atoms with Gasteiger partial charge in [-0.15, -0.1) is 11.8 Å². The van der Waals surface area contributed by atoms with E-state index in [-0.39, 0.29) is 24.0 Å². The molecule has 3 amide bonds. The topological polar surface area (TPSA) is 52.7 Å². The van der Waals surface area contributed by atoms with Crippen molar-refractivity contribution in [3.8, 4) is 0 Å². The highest BCUT2D eigenvalue weighted by molar-refractivity contribution is 8.01. The summed E-state index contributed by atoms with van der Waals surface area (Å²) in [4.78, 5) is 28.9. The summed E-state index contributed by atoms with van der Waals surface area (Å²) in [7, 11) is 0. The number of urea groups is 1. The normalized spacial score (nSPS) is 19.1. The molecule has 1 N–H and O–H groups in total. The predicted molar refractivity (Wildman–Crippen MR) is 128 cm³/mol. The van der Waals surface area contributed by atoms with Gasteiger partial charge in [0.25, 0.3) is 5.91 Å². The van der Waals surface area contributed by atoms with Crippen LogP contribution in [-0.2, 0) is 22.8 Å². The van der Waals surface area contributed by atoms with Crippen molar-refractivity contribution in [1.82, 2.24) is 10.2 Å². The number of nitrogens with zero attached hydrogens (tertiary/aromatic N) is 2. The van der Waals surface area contributed by atoms with Gasteiger partial charge in [-0.25, -0.2) is 13.6 Å². The molecule has 1 saturated heterocycles. The van der Waals surface area contributed by atoms with Crippen LogP contribution in [0.25, 0.3) is 0 Å². The van der Waals surface area contributed by atoms with E-state index in [0.29, 0.717) is 30.1 Å². The SMILES string of the molecule is Cc1cccc(CNC(=O)N2CCS[C@]23C(=O)N(Cc2c(F)cccc2F)c2ccccc23)c1. The smallest absolute Gasteiger partial charge is 0.319 e. The molecule has 2 heterocycles. The summed E-state index contributed by atoms with van der Waals surface area (Å²) in [5.41, 5.74) is 3.09. The van der Waals surface area contributed by atoms with Crippen LogP contribution >= 0.6 is 11.8 Å². The van der Waals surface area contributed by atoms with Crippen LogP contribution in [0.5, 0.6) is 0 Å². The lowest BCUT2D eigenvalue weighted by atomic mass is 10.1. The van der Waals surface area contributed by atoms with Gasteiger partial charge in [0.1, 0.15) is 11.6 Å². The lowest BCUT2D eigenvalue weighted by molar-refractivity contribution is -0.123. The quantitative estimate of drug-likeness (QED) is 0.577. The fraction of sp³-hybridized carbons (Fsp3) is 0.231. The minimum absolute atomic E-state index is 0.179. The second kappa shape index (κ2) is 8.76. The summed E-state index contributed by atoms with van der Waals surface area (Å²) < 4.78 is 28.8. The molecule has 5 rings (SSSR count). The number of hydrogen-bond donors (Lipinski definition) is 1. The van der Waals surface area contributed by atoms with E-state index >= 15 is 0 Å². The van der Waals surface area contributed by atoms with E-state index in [0.717, 1.165) is 11.1 Å². The van der Waals surface area contributed by atoms with Crippen LogP contribution in [0.4, 0.5) is 19.3 Å². The van der Waals surface area contributed by atoms with Crippen molar-refractivity contribution < 1.29 is 18.4 Å². The average molecular weight is 480 g/mol. The van der Waals surface area contributed by atoms with Gasteiger partial charge >= 0.3 is 6.03 Å². The molecule has 1 atom stereocenters. The number of carbonyl (C=O) groups excluding carboxylic acids is 2. The monoisotopic (exact) mass is 479 g/mol. The molecule has 174 valence electrons. The Hall–Kier alpha value is -3.39. The number of para-hydroxylation sites is 1. The highest BCUT2D eigenvalue weighted by atomic mass is 32.2. The first-order chi connectivity index (χ1) is 16.4. The van der Waals surface area contributed by atoms with Crippen molar-refractivity contribution in [1.29, 1.82) is 0 Å². The average Bonchev–Trinajstić information content (AvgIpc) is 3.37. The summed E-state index contributed by atoms with van der Waals surface area (Å²) >= 11 is 1.37. The van der Waals surface area contributed by atoms with Crippen molar-refractivity contribution in [2.45, 2.75) is 24.9 Å². The van der Waals surface area contributed by atoms with Gasteiger partial charge in [-0.3, -0.25) is 9.69 Å². The maximum absolute atomic E-state index is 14.4. The minimum atomic E-state index is -1.27. The number of rotatable bonds is 4.